The van der Waals surface area contributed by atoms with Crippen LogP contribution in [-0.4, -0.2) is 16.0 Å². The Bertz CT molecular complexity index is 1580. The Morgan fingerprint density at radius 3 is 2.60 bits per heavy atom. The number of anilines is 1. The minimum Gasteiger partial charge on any atom is -0.440 e. The molecule has 0 radical (unpaired) electrons. The Balaban J connectivity index is 1.22. The molecular formula is C26H19Cl2N3O2S2. The van der Waals surface area contributed by atoms with Gasteiger partial charge in [0.2, 0.25) is 0 Å². The Morgan fingerprint density at radius 2 is 1.83 bits per heavy atom. The molecule has 5 nitrogen and oxygen atoms in total. The zero-order valence-electron chi connectivity index (χ0n) is 18.5. The molecule has 35 heavy (non-hydrogen) atoms. The number of thiocarbonyl (C=S) groups is 1. The maximum absolute atomic E-state index is 12.7. The molecule has 5 rings (SSSR count). The first-order valence-corrected chi connectivity index (χ1v) is 12.8. The second kappa shape index (κ2) is 9.95. The van der Waals surface area contributed by atoms with Crippen molar-refractivity contribution in [3.8, 4) is 0 Å². The van der Waals surface area contributed by atoms with Crippen molar-refractivity contribution >= 4 is 84.6 Å². The van der Waals surface area contributed by atoms with Crippen molar-refractivity contribution in [1.29, 1.82) is 0 Å². The van der Waals surface area contributed by atoms with Crippen molar-refractivity contribution < 1.29 is 9.21 Å². The first-order valence-electron chi connectivity index (χ1n) is 10.9. The van der Waals surface area contributed by atoms with Crippen LogP contribution < -0.4 is 10.6 Å². The molecule has 1 amide bonds. The molecule has 0 aliphatic rings. The largest absolute Gasteiger partial charge is 0.440 e. The molecule has 2 heterocycles. The number of nitrogens with one attached hydrogen (secondary N) is 2. The Morgan fingerprint density at radius 1 is 1.06 bits per heavy atom. The molecule has 176 valence electrons. The predicted molar refractivity (Wildman–Crippen MR) is 148 cm³/mol. The topological polar surface area (TPSA) is 67.2 Å². The van der Waals surface area contributed by atoms with Gasteiger partial charge in [-0.05, 0) is 66.2 Å². The number of aryl methyl sites for hydroxylation is 1. The van der Waals surface area contributed by atoms with Crippen LogP contribution in [0.15, 0.2) is 65.1 Å². The van der Waals surface area contributed by atoms with Gasteiger partial charge in [0.05, 0.1) is 5.02 Å². The van der Waals surface area contributed by atoms with Gasteiger partial charge in [0.25, 0.3) is 5.91 Å². The van der Waals surface area contributed by atoms with Crippen LogP contribution >= 0.6 is 46.8 Å². The summed E-state index contributed by atoms with van der Waals surface area (Å²) in [6.07, 6.45) is 1.53. The molecule has 2 aromatic heterocycles. The van der Waals surface area contributed by atoms with E-state index in [0.29, 0.717) is 27.2 Å². The van der Waals surface area contributed by atoms with Crippen LogP contribution in [-0.2, 0) is 12.8 Å². The van der Waals surface area contributed by atoms with Gasteiger partial charge in [0.15, 0.2) is 16.6 Å². The maximum Gasteiger partial charge on any atom is 0.269 e. The second-order valence-corrected chi connectivity index (χ2v) is 10.2. The summed E-state index contributed by atoms with van der Waals surface area (Å²) in [5.74, 6) is 0.293. The monoisotopic (exact) mass is 539 g/mol. The summed E-state index contributed by atoms with van der Waals surface area (Å²) in [5.41, 5.74) is 4.69. The normalized spacial score (nSPS) is 11.2. The van der Waals surface area contributed by atoms with Crippen LogP contribution in [0.4, 0.5) is 5.69 Å². The van der Waals surface area contributed by atoms with Crippen LogP contribution in [0, 0.1) is 0 Å². The van der Waals surface area contributed by atoms with Gasteiger partial charge in [-0.15, -0.1) is 11.3 Å². The van der Waals surface area contributed by atoms with Gasteiger partial charge in [-0.2, -0.15) is 0 Å². The molecule has 2 N–H and O–H groups in total. The lowest BCUT2D eigenvalue weighted by Gasteiger charge is -2.09. The van der Waals surface area contributed by atoms with Crippen molar-refractivity contribution in [2.45, 2.75) is 19.8 Å². The number of aromatic nitrogens is 1. The lowest BCUT2D eigenvalue weighted by atomic mass is 10.1. The molecule has 0 fully saturated rings. The number of carbonyl (C=O) groups excluding carboxylic acids is 1. The number of benzene rings is 3. The Hall–Kier alpha value is -2.97. The number of hydrogen-bond donors (Lipinski definition) is 2. The van der Waals surface area contributed by atoms with Crippen LogP contribution in [0.3, 0.4) is 0 Å². The molecule has 5 aromatic rings. The molecule has 0 bridgehead atoms. The summed E-state index contributed by atoms with van der Waals surface area (Å²) >= 11 is 19.0. The van der Waals surface area contributed by atoms with Gasteiger partial charge >= 0.3 is 0 Å². The smallest absolute Gasteiger partial charge is 0.269 e. The van der Waals surface area contributed by atoms with Crippen molar-refractivity contribution in [3.63, 3.8) is 0 Å². The fourth-order valence-electron chi connectivity index (χ4n) is 3.70. The number of fused-ring (bicyclic) bond motifs is 2. The number of halogens is 2. The SMILES string of the molecule is CCc1ccc2oc(Cc3ccc(NC(=S)NC(=O)c4sc5cc(Cl)ccc5c4Cl)cc3)nc2c1. The Labute approximate surface area is 221 Å². The molecule has 9 heteroatoms. The quantitative estimate of drug-likeness (QED) is 0.225. The third-order valence-corrected chi connectivity index (χ3v) is 7.59. The summed E-state index contributed by atoms with van der Waals surface area (Å²) in [6.45, 7) is 2.12. The van der Waals surface area contributed by atoms with Crippen molar-refractivity contribution in [3.05, 3.63) is 92.6 Å². The molecule has 0 aliphatic carbocycles. The first-order chi connectivity index (χ1) is 16.9. The average Bonchev–Trinajstić information content (AvgIpc) is 3.39. The lowest BCUT2D eigenvalue weighted by Crippen LogP contribution is -2.33. The van der Waals surface area contributed by atoms with E-state index in [0.717, 1.165) is 38.9 Å². The highest BCUT2D eigenvalue weighted by Crippen LogP contribution is 2.36. The van der Waals surface area contributed by atoms with Gasteiger partial charge in [-0.25, -0.2) is 4.98 Å². The zero-order valence-corrected chi connectivity index (χ0v) is 21.7. The number of hydrogen-bond acceptors (Lipinski definition) is 5. The van der Waals surface area contributed by atoms with E-state index in [1.807, 2.05) is 30.3 Å². The minimum absolute atomic E-state index is 0.181. The number of thiophene rings is 1. The van der Waals surface area contributed by atoms with E-state index in [1.54, 1.807) is 18.2 Å². The third kappa shape index (κ3) is 5.18. The highest BCUT2D eigenvalue weighted by molar-refractivity contribution is 7.80. The number of rotatable bonds is 5. The summed E-state index contributed by atoms with van der Waals surface area (Å²) in [4.78, 5) is 17.7. The van der Waals surface area contributed by atoms with E-state index in [2.05, 4.69) is 34.7 Å². The molecule has 0 saturated carbocycles. The molecular weight excluding hydrogens is 521 g/mol. The number of carbonyl (C=O) groups is 1. The van der Waals surface area contributed by atoms with E-state index in [4.69, 9.17) is 39.8 Å². The van der Waals surface area contributed by atoms with Crippen molar-refractivity contribution in [2.24, 2.45) is 0 Å². The van der Waals surface area contributed by atoms with Gasteiger partial charge in [-0.1, -0.05) is 54.4 Å². The van der Waals surface area contributed by atoms with Crippen LogP contribution in [0.1, 0.15) is 33.6 Å². The van der Waals surface area contributed by atoms with E-state index in [9.17, 15) is 4.79 Å². The molecule has 0 saturated heterocycles. The fourth-order valence-corrected chi connectivity index (χ4v) is 5.60. The summed E-state index contributed by atoms with van der Waals surface area (Å²) < 4.78 is 6.72. The summed E-state index contributed by atoms with van der Waals surface area (Å²) in [5, 5.41) is 7.66. The van der Waals surface area contributed by atoms with Crippen LogP contribution in [0.25, 0.3) is 21.2 Å². The van der Waals surface area contributed by atoms with E-state index >= 15 is 0 Å². The standard InChI is InChI=1S/C26H19Cl2N3O2S2/c1-2-14-5-10-20-19(11-14)30-22(33-20)12-15-3-7-17(8-4-15)29-26(34)31-25(32)24-23(28)18-9-6-16(27)13-21(18)35-24/h3-11,13H,2,12H2,1H3,(H2,29,31,32,34). The molecule has 3 aromatic carbocycles. The minimum atomic E-state index is -0.372. The van der Waals surface area contributed by atoms with Gasteiger partial charge in [-0.3, -0.25) is 10.1 Å². The fraction of sp³-hybridized carbons (Fsp3) is 0.115. The molecule has 0 spiro atoms. The highest BCUT2D eigenvalue weighted by atomic mass is 35.5. The second-order valence-electron chi connectivity index (χ2n) is 7.93. The first kappa shape index (κ1) is 23.8. The zero-order chi connectivity index (χ0) is 24.5. The molecule has 0 atom stereocenters. The number of nitrogens with zero attached hydrogens (tertiary/aromatic N) is 1. The van der Waals surface area contributed by atoms with E-state index in [1.165, 1.54) is 16.9 Å². The third-order valence-electron chi connectivity index (χ3n) is 5.50. The van der Waals surface area contributed by atoms with E-state index < -0.39 is 0 Å². The molecule has 0 aliphatic heterocycles. The highest BCUT2D eigenvalue weighted by Gasteiger charge is 2.18. The van der Waals surface area contributed by atoms with Crippen LogP contribution in [0.2, 0.25) is 10.0 Å². The maximum atomic E-state index is 12.7. The lowest BCUT2D eigenvalue weighted by molar-refractivity contribution is 0.0982. The van der Waals surface area contributed by atoms with Crippen molar-refractivity contribution in [2.75, 3.05) is 5.32 Å². The van der Waals surface area contributed by atoms with Crippen LogP contribution in [0.5, 0.6) is 0 Å². The number of amides is 1. The molecule has 0 unspecified atom stereocenters. The van der Waals surface area contributed by atoms with Crippen molar-refractivity contribution in [1.82, 2.24) is 10.3 Å². The average molecular weight is 540 g/mol. The van der Waals surface area contributed by atoms with Gasteiger partial charge in [0.1, 0.15) is 10.4 Å². The van der Waals surface area contributed by atoms with Gasteiger partial charge in [0, 0.05) is 27.2 Å². The summed E-state index contributed by atoms with van der Waals surface area (Å²) in [7, 11) is 0. The Kier molecular flexibility index (Phi) is 6.75. The predicted octanol–water partition coefficient (Wildman–Crippen LogP) is 7.63. The summed E-state index contributed by atoms with van der Waals surface area (Å²) in [6, 6.07) is 19.1. The van der Waals surface area contributed by atoms with Gasteiger partial charge < -0.3 is 9.73 Å². The van der Waals surface area contributed by atoms with E-state index in [-0.39, 0.29) is 11.0 Å². The number of oxazole rings is 1.